The number of nitrogens with zero attached hydrogens (tertiary/aromatic N) is 3. The highest BCUT2D eigenvalue weighted by atomic mass is 16.6. The summed E-state index contributed by atoms with van der Waals surface area (Å²) in [5, 5.41) is 17.7. The molecule has 9 heteroatoms. The third-order valence-corrected chi connectivity index (χ3v) is 5.21. The predicted octanol–water partition coefficient (Wildman–Crippen LogP) is 3.43. The molecule has 1 unspecified atom stereocenters. The topological polar surface area (TPSA) is 111 Å². The number of nitro groups is 1. The van der Waals surface area contributed by atoms with E-state index >= 15 is 0 Å². The van der Waals surface area contributed by atoms with Crippen LogP contribution in [0.25, 0.3) is 0 Å². The standard InChI is InChI=1S/C22H23N5O4/c1-26-11-10-23-21(26)20(14-4-3-5-17(12-14)31-2)25-22(28)15-6-9-18(24-16-7-8-16)19(13-15)27(29)30/h3-6,9-13,16,20,24H,7-8H2,1-2H3,(H,25,28). The molecular formula is C22H23N5O4. The van der Waals surface area contributed by atoms with E-state index < -0.39 is 16.9 Å². The van der Waals surface area contributed by atoms with Gasteiger partial charge in [-0.3, -0.25) is 14.9 Å². The van der Waals surface area contributed by atoms with Crippen LogP contribution in [-0.2, 0) is 7.05 Å². The van der Waals surface area contributed by atoms with Gasteiger partial charge in [0.25, 0.3) is 11.6 Å². The minimum absolute atomic E-state index is 0.116. The molecule has 0 aliphatic heterocycles. The Morgan fingerprint density at radius 1 is 1.29 bits per heavy atom. The number of imidazole rings is 1. The zero-order valence-corrected chi connectivity index (χ0v) is 17.2. The molecule has 0 saturated heterocycles. The lowest BCUT2D eigenvalue weighted by atomic mass is 10.0. The summed E-state index contributed by atoms with van der Waals surface area (Å²) >= 11 is 0. The van der Waals surface area contributed by atoms with Crippen molar-refractivity contribution in [1.82, 2.24) is 14.9 Å². The molecule has 2 aromatic carbocycles. The summed E-state index contributed by atoms with van der Waals surface area (Å²) in [6.45, 7) is 0. The van der Waals surface area contributed by atoms with Crippen molar-refractivity contribution < 1.29 is 14.5 Å². The number of rotatable bonds is 8. The molecule has 0 bridgehead atoms. The van der Waals surface area contributed by atoms with Crippen molar-refractivity contribution in [3.05, 3.63) is 81.9 Å². The molecule has 1 aromatic heterocycles. The van der Waals surface area contributed by atoms with Crippen LogP contribution in [0, 0.1) is 10.1 Å². The number of aryl methyl sites for hydroxylation is 1. The Bertz CT molecular complexity index is 1120. The minimum Gasteiger partial charge on any atom is -0.497 e. The smallest absolute Gasteiger partial charge is 0.293 e. The van der Waals surface area contributed by atoms with Gasteiger partial charge in [0.15, 0.2) is 0 Å². The number of amides is 1. The number of nitro benzene ring substituents is 1. The molecule has 1 aliphatic rings. The normalized spacial score (nSPS) is 14.0. The molecule has 160 valence electrons. The summed E-state index contributed by atoms with van der Waals surface area (Å²) in [5.41, 5.74) is 1.30. The summed E-state index contributed by atoms with van der Waals surface area (Å²) in [6, 6.07) is 11.5. The molecule has 31 heavy (non-hydrogen) atoms. The van der Waals surface area contributed by atoms with Crippen LogP contribution in [0.1, 0.15) is 40.6 Å². The van der Waals surface area contributed by atoms with E-state index in [9.17, 15) is 14.9 Å². The largest absolute Gasteiger partial charge is 0.497 e. The first kappa shape index (κ1) is 20.4. The highest BCUT2D eigenvalue weighted by Crippen LogP contribution is 2.32. The number of nitrogens with one attached hydrogen (secondary N) is 2. The molecule has 1 fully saturated rings. The van der Waals surface area contributed by atoms with Crippen LogP contribution in [0.4, 0.5) is 11.4 Å². The predicted molar refractivity (Wildman–Crippen MR) is 115 cm³/mol. The van der Waals surface area contributed by atoms with Gasteiger partial charge in [-0.25, -0.2) is 4.98 Å². The van der Waals surface area contributed by atoms with Gasteiger partial charge in [-0.1, -0.05) is 12.1 Å². The summed E-state index contributed by atoms with van der Waals surface area (Å²) in [7, 11) is 3.41. The van der Waals surface area contributed by atoms with Crippen molar-refractivity contribution in [2.45, 2.75) is 24.9 Å². The number of carbonyl (C=O) groups is 1. The summed E-state index contributed by atoms with van der Waals surface area (Å²) < 4.78 is 7.13. The Labute approximate surface area is 179 Å². The lowest BCUT2D eigenvalue weighted by Crippen LogP contribution is -2.31. The number of hydrogen-bond donors (Lipinski definition) is 2. The maximum atomic E-state index is 13.1. The Morgan fingerprint density at radius 3 is 2.74 bits per heavy atom. The molecule has 9 nitrogen and oxygen atoms in total. The molecule has 1 heterocycles. The quantitative estimate of drug-likeness (QED) is 0.426. The molecule has 1 atom stereocenters. The summed E-state index contributed by atoms with van der Waals surface area (Å²) in [5.74, 6) is 0.845. The van der Waals surface area contributed by atoms with Crippen LogP contribution >= 0.6 is 0 Å². The van der Waals surface area contributed by atoms with E-state index in [-0.39, 0.29) is 17.3 Å². The van der Waals surface area contributed by atoms with Gasteiger partial charge in [-0.2, -0.15) is 0 Å². The molecular weight excluding hydrogens is 398 g/mol. The van der Waals surface area contributed by atoms with Gasteiger partial charge in [-0.05, 0) is 42.7 Å². The second-order valence-electron chi connectivity index (χ2n) is 7.49. The highest BCUT2D eigenvalue weighted by Gasteiger charge is 2.27. The second-order valence-corrected chi connectivity index (χ2v) is 7.49. The minimum atomic E-state index is -0.564. The van der Waals surface area contributed by atoms with Crippen molar-refractivity contribution in [3.8, 4) is 5.75 Å². The maximum Gasteiger partial charge on any atom is 0.293 e. The fourth-order valence-corrected chi connectivity index (χ4v) is 3.38. The van der Waals surface area contributed by atoms with Gasteiger partial charge in [-0.15, -0.1) is 0 Å². The molecule has 1 saturated carbocycles. The SMILES string of the molecule is COc1cccc(C(NC(=O)c2ccc(NC3CC3)c([N+](=O)[O-])c2)c2nccn2C)c1. The molecule has 2 N–H and O–H groups in total. The number of hydrogen-bond acceptors (Lipinski definition) is 6. The lowest BCUT2D eigenvalue weighted by Gasteiger charge is -2.20. The lowest BCUT2D eigenvalue weighted by molar-refractivity contribution is -0.384. The summed E-state index contributed by atoms with van der Waals surface area (Å²) in [6.07, 6.45) is 5.42. The Kier molecular flexibility index (Phi) is 5.57. The molecule has 0 spiro atoms. The number of carbonyl (C=O) groups excluding carboxylic acids is 1. The number of methoxy groups -OCH3 is 1. The van der Waals surface area contributed by atoms with Crippen LogP contribution in [0.5, 0.6) is 5.75 Å². The van der Waals surface area contributed by atoms with Crippen molar-refractivity contribution in [2.75, 3.05) is 12.4 Å². The van der Waals surface area contributed by atoms with Crippen molar-refractivity contribution in [2.24, 2.45) is 7.05 Å². The summed E-state index contributed by atoms with van der Waals surface area (Å²) in [4.78, 5) is 28.5. The van der Waals surface area contributed by atoms with Crippen molar-refractivity contribution in [3.63, 3.8) is 0 Å². The molecule has 0 radical (unpaired) electrons. The van der Waals surface area contributed by atoms with Crippen LogP contribution in [0.15, 0.2) is 54.9 Å². The monoisotopic (exact) mass is 421 g/mol. The third-order valence-electron chi connectivity index (χ3n) is 5.21. The van der Waals surface area contributed by atoms with Gasteiger partial charge in [0, 0.05) is 37.1 Å². The van der Waals surface area contributed by atoms with Crippen LogP contribution in [0.3, 0.4) is 0 Å². The fraction of sp³-hybridized carbons (Fsp3) is 0.273. The first-order valence-electron chi connectivity index (χ1n) is 9.93. The Morgan fingerprint density at radius 2 is 2.10 bits per heavy atom. The average Bonchev–Trinajstić information content (AvgIpc) is 3.49. The first-order valence-corrected chi connectivity index (χ1v) is 9.93. The van der Waals surface area contributed by atoms with Gasteiger partial charge in [0.05, 0.1) is 12.0 Å². The van der Waals surface area contributed by atoms with Gasteiger partial charge >= 0.3 is 0 Å². The van der Waals surface area contributed by atoms with E-state index in [1.165, 1.54) is 6.07 Å². The average molecular weight is 421 g/mol. The number of aromatic nitrogens is 2. The van der Waals surface area contributed by atoms with Crippen molar-refractivity contribution >= 4 is 17.3 Å². The maximum absolute atomic E-state index is 13.1. The first-order chi connectivity index (χ1) is 15.0. The number of benzene rings is 2. The highest BCUT2D eigenvalue weighted by molar-refractivity contribution is 5.96. The van der Waals surface area contributed by atoms with E-state index in [0.29, 0.717) is 17.3 Å². The van der Waals surface area contributed by atoms with Gasteiger partial charge in [0.1, 0.15) is 23.3 Å². The zero-order chi connectivity index (χ0) is 22.0. The molecule has 1 amide bonds. The Balaban J connectivity index is 1.65. The third kappa shape index (κ3) is 4.50. The van der Waals surface area contributed by atoms with E-state index in [4.69, 9.17) is 4.74 Å². The number of ether oxygens (including phenoxy) is 1. The van der Waals surface area contributed by atoms with E-state index in [1.54, 1.807) is 31.6 Å². The van der Waals surface area contributed by atoms with Gasteiger partial charge < -0.3 is 19.9 Å². The molecule has 4 rings (SSSR count). The van der Waals surface area contributed by atoms with Crippen LogP contribution in [-0.4, -0.2) is 33.5 Å². The molecule has 3 aromatic rings. The fourth-order valence-electron chi connectivity index (χ4n) is 3.38. The van der Waals surface area contributed by atoms with Crippen molar-refractivity contribution in [1.29, 1.82) is 0 Å². The Hall–Kier alpha value is -3.88. The van der Waals surface area contributed by atoms with Gasteiger partial charge in [0.2, 0.25) is 0 Å². The number of anilines is 1. The van der Waals surface area contributed by atoms with Crippen LogP contribution in [0.2, 0.25) is 0 Å². The van der Waals surface area contributed by atoms with Crippen LogP contribution < -0.4 is 15.4 Å². The second kappa shape index (κ2) is 8.47. The van der Waals surface area contributed by atoms with E-state index in [2.05, 4.69) is 15.6 Å². The van der Waals surface area contributed by atoms with E-state index in [0.717, 1.165) is 18.4 Å². The zero-order valence-electron chi connectivity index (χ0n) is 17.2. The van der Waals surface area contributed by atoms with E-state index in [1.807, 2.05) is 35.9 Å². The molecule has 1 aliphatic carbocycles.